The van der Waals surface area contributed by atoms with Gasteiger partial charge in [-0.05, 0) is 38.0 Å². The van der Waals surface area contributed by atoms with Crippen molar-refractivity contribution in [2.75, 3.05) is 6.54 Å². The highest BCUT2D eigenvalue weighted by Crippen LogP contribution is 2.20. The van der Waals surface area contributed by atoms with Gasteiger partial charge in [0.25, 0.3) is 0 Å². The molecule has 1 N–H and O–H groups in total. The number of aromatic nitrogens is 1. The van der Waals surface area contributed by atoms with E-state index in [1.54, 1.807) is 0 Å². The van der Waals surface area contributed by atoms with Gasteiger partial charge in [0.1, 0.15) is 5.69 Å². The van der Waals surface area contributed by atoms with Crippen LogP contribution in [0.5, 0.6) is 0 Å². The molecule has 118 valence electrons. The Balaban J connectivity index is 1.56. The first-order valence-corrected chi connectivity index (χ1v) is 7.79. The first-order chi connectivity index (χ1) is 11.1. The van der Waals surface area contributed by atoms with E-state index in [2.05, 4.69) is 41.7 Å². The van der Waals surface area contributed by atoms with Gasteiger partial charge in [0, 0.05) is 11.9 Å². The summed E-state index contributed by atoms with van der Waals surface area (Å²) in [6.07, 6.45) is 1.06. The van der Waals surface area contributed by atoms with E-state index in [0.29, 0.717) is 12.2 Å². The first kappa shape index (κ1) is 15.3. The zero-order chi connectivity index (χ0) is 16.2. The number of carbonyl (C=O) groups excluding carboxylic acids is 1. The molecule has 2 aromatic carbocycles. The van der Waals surface area contributed by atoms with Gasteiger partial charge in [-0.15, -0.1) is 0 Å². The van der Waals surface area contributed by atoms with Crippen LogP contribution in [0.4, 0.5) is 0 Å². The van der Waals surface area contributed by atoms with E-state index in [9.17, 15) is 4.79 Å². The third kappa shape index (κ3) is 3.77. The van der Waals surface area contributed by atoms with Crippen LogP contribution >= 0.6 is 0 Å². The van der Waals surface area contributed by atoms with Crippen molar-refractivity contribution in [3.63, 3.8) is 0 Å². The van der Waals surface area contributed by atoms with Crippen molar-refractivity contribution in [3.8, 4) is 0 Å². The Hall–Kier alpha value is -2.62. The summed E-state index contributed by atoms with van der Waals surface area (Å²) in [6, 6.07) is 14.2. The van der Waals surface area contributed by atoms with Gasteiger partial charge in [-0.25, -0.2) is 0 Å². The predicted octanol–water partition coefficient (Wildman–Crippen LogP) is 3.35. The van der Waals surface area contributed by atoms with E-state index in [4.69, 9.17) is 4.52 Å². The van der Waals surface area contributed by atoms with Gasteiger partial charge in [-0.3, -0.25) is 4.79 Å². The molecule has 0 aliphatic rings. The van der Waals surface area contributed by atoms with Crippen LogP contribution in [0.25, 0.3) is 11.0 Å². The number of aryl methyl sites for hydroxylation is 2. The number of carbonyl (C=O) groups is 1. The van der Waals surface area contributed by atoms with Crippen LogP contribution < -0.4 is 5.32 Å². The lowest BCUT2D eigenvalue weighted by Gasteiger charge is -2.05. The Bertz CT molecular complexity index is 819. The fraction of sp³-hybridized carbons (Fsp3) is 0.263. The molecular formula is C19H20N2O2. The van der Waals surface area contributed by atoms with E-state index < -0.39 is 0 Å². The quantitative estimate of drug-likeness (QED) is 0.786. The molecule has 0 spiro atoms. The number of nitrogens with one attached hydrogen (secondary N) is 1. The zero-order valence-electron chi connectivity index (χ0n) is 13.4. The molecular weight excluding hydrogens is 288 g/mol. The average Bonchev–Trinajstić information content (AvgIpc) is 2.91. The van der Waals surface area contributed by atoms with Crippen molar-refractivity contribution in [2.45, 2.75) is 26.7 Å². The molecule has 0 bridgehead atoms. The summed E-state index contributed by atoms with van der Waals surface area (Å²) >= 11 is 0. The summed E-state index contributed by atoms with van der Waals surface area (Å²) in [6.45, 7) is 4.70. The van der Waals surface area contributed by atoms with Crippen LogP contribution in [-0.4, -0.2) is 17.6 Å². The number of hydrogen-bond acceptors (Lipinski definition) is 3. The molecule has 0 unspecified atom stereocenters. The first-order valence-electron chi connectivity index (χ1n) is 7.79. The van der Waals surface area contributed by atoms with E-state index in [1.807, 2.05) is 25.1 Å². The fourth-order valence-corrected chi connectivity index (χ4v) is 2.55. The van der Waals surface area contributed by atoms with Gasteiger partial charge >= 0.3 is 0 Å². The van der Waals surface area contributed by atoms with E-state index in [0.717, 1.165) is 23.0 Å². The Morgan fingerprint density at radius 3 is 2.61 bits per heavy atom. The molecule has 1 heterocycles. The van der Waals surface area contributed by atoms with Crippen LogP contribution in [-0.2, 0) is 17.6 Å². The summed E-state index contributed by atoms with van der Waals surface area (Å²) in [4.78, 5) is 12.1. The largest absolute Gasteiger partial charge is 0.356 e. The Kier molecular flexibility index (Phi) is 4.42. The molecule has 3 aromatic rings. The zero-order valence-corrected chi connectivity index (χ0v) is 13.4. The van der Waals surface area contributed by atoms with E-state index in [1.165, 1.54) is 11.1 Å². The molecule has 0 saturated carbocycles. The molecule has 3 rings (SSSR count). The fourth-order valence-electron chi connectivity index (χ4n) is 2.55. The van der Waals surface area contributed by atoms with Crippen LogP contribution in [0.15, 0.2) is 47.0 Å². The monoisotopic (exact) mass is 308 g/mol. The van der Waals surface area contributed by atoms with Gasteiger partial charge in [-0.1, -0.05) is 46.6 Å². The highest BCUT2D eigenvalue weighted by atomic mass is 16.5. The standard InChI is InChI=1S/C19H20N2O2/c1-13-3-6-15(7-4-13)9-10-20-19(22)12-17-16-11-14(2)5-8-18(16)23-21-17/h3-8,11H,9-10,12H2,1-2H3,(H,20,22). The predicted molar refractivity (Wildman–Crippen MR) is 90.3 cm³/mol. The summed E-state index contributed by atoms with van der Waals surface area (Å²) in [5.41, 5.74) is 5.00. The number of nitrogens with zero attached hydrogens (tertiary/aromatic N) is 1. The molecule has 0 radical (unpaired) electrons. The van der Waals surface area contributed by atoms with Crippen LogP contribution in [0.3, 0.4) is 0 Å². The highest BCUT2D eigenvalue weighted by Gasteiger charge is 2.12. The molecule has 1 aromatic heterocycles. The molecule has 4 heteroatoms. The molecule has 0 fully saturated rings. The maximum Gasteiger partial charge on any atom is 0.226 e. The van der Waals surface area contributed by atoms with Crippen molar-refractivity contribution >= 4 is 16.9 Å². The smallest absolute Gasteiger partial charge is 0.226 e. The summed E-state index contributed by atoms with van der Waals surface area (Å²) in [5.74, 6) is -0.0335. The van der Waals surface area contributed by atoms with Crippen LogP contribution in [0.2, 0.25) is 0 Å². The summed E-state index contributed by atoms with van der Waals surface area (Å²) in [7, 11) is 0. The van der Waals surface area contributed by atoms with Crippen molar-refractivity contribution in [1.82, 2.24) is 10.5 Å². The molecule has 4 nitrogen and oxygen atoms in total. The van der Waals surface area contributed by atoms with Crippen molar-refractivity contribution in [1.29, 1.82) is 0 Å². The average molecular weight is 308 g/mol. The number of hydrogen-bond donors (Lipinski definition) is 1. The van der Waals surface area contributed by atoms with E-state index in [-0.39, 0.29) is 12.3 Å². The van der Waals surface area contributed by atoms with Gasteiger partial charge < -0.3 is 9.84 Å². The van der Waals surface area contributed by atoms with E-state index >= 15 is 0 Å². The minimum Gasteiger partial charge on any atom is -0.356 e. The van der Waals surface area contributed by atoms with Crippen molar-refractivity contribution < 1.29 is 9.32 Å². The van der Waals surface area contributed by atoms with Crippen molar-refractivity contribution in [3.05, 3.63) is 64.8 Å². The normalized spacial score (nSPS) is 10.9. The van der Waals surface area contributed by atoms with Gasteiger partial charge in [0.05, 0.1) is 6.42 Å². The van der Waals surface area contributed by atoms with Gasteiger partial charge in [0.2, 0.25) is 5.91 Å². The number of benzene rings is 2. The third-order valence-corrected chi connectivity index (χ3v) is 3.88. The third-order valence-electron chi connectivity index (χ3n) is 3.88. The van der Waals surface area contributed by atoms with Gasteiger partial charge in [0.15, 0.2) is 5.58 Å². The second-order valence-corrected chi connectivity index (χ2v) is 5.89. The molecule has 0 saturated heterocycles. The maximum atomic E-state index is 12.1. The lowest BCUT2D eigenvalue weighted by Crippen LogP contribution is -2.27. The number of amides is 1. The SMILES string of the molecule is Cc1ccc(CCNC(=O)Cc2noc3ccc(C)cc23)cc1. The minimum absolute atomic E-state index is 0.0335. The lowest BCUT2D eigenvalue weighted by atomic mass is 10.1. The minimum atomic E-state index is -0.0335. The molecule has 23 heavy (non-hydrogen) atoms. The second kappa shape index (κ2) is 6.65. The highest BCUT2D eigenvalue weighted by molar-refractivity contribution is 5.86. The second-order valence-electron chi connectivity index (χ2n) is 5.89. The summed E-state index contributed by atoms with van der Waals surface area (Å²) < 4.78 is 5.26. The molecule has 0 atom stereocenters. The molecule has 0 aliphatic carbocycles. The number of rotatable bonds is 5. The van der Waals surface area contributed by atoms with Crippen LogP contribution in [0.1, 0.15) is 22.4 Å². The lowest BCUT2D eigenvalue weighted by molar-refractivity contribution is -0.120. The van der Waals surface area contributed by atoms with Crippen molar-refractivity contribution in [2.24, 2.45) is 0 Å². The van der Waals surface area contributed by atoms with Crippen LogP contribution in [0, 0.1) is 13.8 Å². The topological polar surface area (TPSA) is 55.1 Å². The Morgan fingerprint density at radius 1 is 1.09 bits per heavy atom. The maximum absolute atomic E-state index is 12.1. The molecule has 1 amide bonds. The van der Waals surface area contributed by atoms with Gasteiger partial charge in [-0.2, -0.15) is 0 Å². The Labute approximate surface area is 135 Å². The summed E-state index contributed by atoms with van der Waals surface area (Å²) in [5, 5.41) is 7.87. The molecule has 0 aliphatic heterocycles. The Morgan fingerprint density at radius 2 is 1.83 bits per heavy atom. The number of fused-ring (bicyclic) bond motifs is 1.